The van der Waals surface area contributed by atoms with Crippen LogP contribution in [0, 0.1) is 6.92 Å². The molecule has 1 atom stereocenters. The van der Waals surface area contributed by atoms with Crippen molar-refractivity contribution in [1.82, 2.24) is 0 Å². The van der Waals surface area contributed by atoms with E-state index in [2.05, 4.69) is 5.32 Å². The Hall–Kier alpha value is -2.27. The van der Waals surface area contributed by atoms with E-state index >= 15 is 0 Å². The zero-order valence-corrected chi connectivity index (χ0v) is 14.1. The topological polar surface area (TPSA) is 55.4 Å². The second-order valence-electron chi connectivity index (χ2n) is 5.10. The molecule has 0 aliphatic carbocycles. The maximum absolute atomic E-state index is 12.2. The Balaban J connectivity index is 2.00. The molecule has 23 heavy (non-hydrogen) atoms. The van der Waals surface area contributed by atoms with Crippen molar-refractivity contribution in [2.24, 2.45) is 0 Å². The first-order chi connectivity index (χ1) is 11.0. The number of carbonyl (C=O) groups is 2. The molecule has 2 rings (SSSR count). The van der Waals surface area contributed by atoms with Gasteiger partial charge in [0.25, 0.3) is 5.91 Å². The molecule has 1 amide bonds. The largest absolute Gasteiger partial charge is 0.449 e. The van der Waals surface area contributed by atoms with Crippen LogP contribution < -0.4 is 5.32 Å². The number of nitrogens with one attached hydrogen (secondary N) is 1. The Morgan fingerprint density at radius 2 is 1.74 bits per heavy atom. The highest BCUT2D eigenvalue weighted by Gasteiger charge is 2.20. The molecule has 2 aromatic carbocycles. The average molecular weight is 329 g/mol. The number of aryl methyl sites for hydroxylation is 1. The SMILES string of the molecule is CSc1ccccc1C(=O)OC(C)C(=O)Nc1ccc(C)cc1. The number of hydrogen-bond donors (Lipinski definition) is 1. The first-order valence-corrected chi connectivity index (χ1v) is 8.45. The molecule has 0 radical (unpaired) electrons. The highest BCUT2D eigenvalue weighted by Crippen LogP contribution is 2.21. The van der Waals surface area contributed by atoms with E-state index in [9.17, 15) is 9.59 Å². The van der Waals surface area contributed by atoms with Gasteiger partial charge < -0.3 is 10.1 Å². The summed E-state index contributed by atoms with van der Waals surface area (Å²) in [6.07, 6.45) is 1.01. The van der Waals surface area contributed by atoms with E-state index in [1.165, 1.54) is 11.8 Å². The summed E-state index contributed by atoms with van der Waals surface area (Å²) in [5.74, 6) is -0.856. The highest BCUT2D eigenvalue weighted by molar-refractivity contribution is 7.98. The van der Waals surface area contributed by atoms with Gasteiger partial charge in [-0.25, -0.2) is 4.79 Å². The van der Waals surface area contributed by atoms with Crippen LogP contribution >= 0.6 is 11.8 Å². The third kappa shape index (κ3) is 4.60. The molecule has 0 aliphatic heterocycles. The maximum Gasteiger partial charge on any atom is 0.340 e. The summed E-state index contributed by atoms with van der Waals surface area (Å²) in [5.41, 5.74) is 2.25. The smallest absolute Gasteiger partial charge is 0.340 e. The van der Waals surface area contributed by atoms with E-state index in [0.29, 0.717) is 11.3 Å². The van der Waals surface area contributed by atoms with Gasteiger partial charge in [-0.15, -0.1) is 11.8 Å². The Morgan fingerprint density at radius 1 is 1.09 bits per heavy atom. The van der Waals surface area contributed by atoms with Crippen LogP contribution in [0.15, 0.2) is 53.4 Å². The van der Waals surface area contributed by atoms with Gasteiger partial charge >= 0.3 is 5.97 Å². The number of benzene rings is 2. The van der Waals surface area contributed by atoms with Crippen LogP contribution in [0.4, 0.5) is 5.69 Å². The molecule has 2 aromatic rings. The number of hydrogen-bond acceptors (Lipinski definition) is 4. The summed E-state index contributed by atoms with van der Waals surface area (Å²) in [5, 5.41) is 2.73. The second kappa shape index (κ2) is 7.83. The predicted molar refractivity (Wildman–Crippen MR) is 92.9 cm³/mol. The molecular weight excluding hydrogens is 310 g/mol. The Kier molecular flexibility index (Phi) is 5.82. The van der Waals surface area contributed by atoms with Crippen molar-refractivity contribution in [2.45, 2.75) is 24.8 Å². The molecule has 1 unspecified atom stereocenters. The molecule has 0 saturated heterocycles. The lowest BCUT2D eigenvalue weighted by Crippen LogP contribution is -2.30. The fourth-order valence-electron chi connectivity index (χ4n) is 1.97. The summed E-state index contributed by atoms with van der Waals surface area (Å²) >= 11 is 1.46. The second-order valence-corrected chi connectivity index (χ2v) is 5.95. The first-order valence-electron chi connectivity index (χ1n) is 7.23. The number of amides is 1. The van der Waals surface area contributed by atoms with Gasteiger partial charge in [0, 0.05) is 10.6 Å². The normalized spacial score (nSPS) is 11.6. The van der Waals surface area contributed by atoms with Crippen molar-refractivity contribution >= 4 is 29.3 Å². The van der Waals surface area contributed by atoms with Gasteiger partial charge in [0.05, 0.1) is 5.56 Å². The van der Waals surface area contributed by atoms with E-state index in [1.54, 1.807) is 19.1 Å². The van der Waals surface area contributed by atoms with Crippen LogP contribution in [0.5, 0.6) is 0 Å². The van der Waals surface area contributed by atoms with Gasteiger partial charge in [-0.3, -0.25) is 4.79 Å². The van der Waals surface area contributed by atoms with Crippen LogP contribution in [0.25, 0.3) is 0 Å². The highest BCUT2D eigenvalue weighted by atomic mass is 32.2. The molecule has 0 heterocycles. The van der Waals surface area contributed by atoms with E-state index < -0.39 is 12.1 Å². The molecule has 0 saturated carbocycles. The molecule has 0 fully saturated rings. The maximum atomic E-state index is 12.2. The van der Waals surface area contributed by atoms with E-state index in [4.69, 9.17) is 4.74 Å². The molecule has 1 N–H and O–H groups in total. The quantitative estimate of drug-likeness (QED) is 0.668. The lowest BCUT2D eigenvalue weighted by Gasteiger charge is -2.14. The predicted octanol–water partition coefficient (Wildman–Crippen LogP) is 3.90. The molecule has 120 valence electrons. The molecule has 4 nitrogen and oxygen atoms in total. The standard InChI is InChI=1S/C18H19NO3S/c1-12-8-10-14(11-9-12)19-17(20)13(2)22-18(21)15-6-4-5-7-16(15)23-3/h4-11,13H,1-3H3,(H,19,20). The zero-order chi connectivity index (χ0) is 16.8. The van der Waals surface area contributed by atoms with Crippen LogP contribution in [0.3, 0.4) is 0 Å². The van der Waals surface area contributed by atoms with Crippen molar-refractivity contribution < 1.29 is 14.3 Å². The number of anilines is 1. The lowest BCUT2D eigenvalue weighted by atomic mass is 10.2. The Morgan fingerprint density at radius 3 is 2.39 bits per heavy atom. The zero-order valence-electron chi connectivity index (χ0n) is 13.3. The molecule has 5 heteroatoms. The van der Waals surface area contributed by atoms with Gasteiger partial charge in [-0.1, -0.05) is 29.8 Å². The Bertz CT molecular complexity index is 698. The third-order valence-corrected chi connectivity index (χ3v) is 4.09. The van der Waals surface area contributed by atoms with Crippen LogP contribution in [-0.2, 0) is 9.53 Å². The number of carbonyl (C=O) groups excluding carboxylic acids is 2. The summed E-state index contributed by atoms with van der Waals surface area (Å²) in [6, 6.07) is 14.6. The number of rotatable bonds is 5. The summed E-state index contributed by atoms with van der Waals surface area (Å²) in [4.78, 5) is 25.2. The van der Waals surface area contributed by atoms with Crippen LogP contribution in [0.2, 0.25) is 0 Å². The lowest BCUT2D eigenvalue weighted by molar-refractivity contribution is -0.123. The first kappa shape index (κ1) is 17.1. The minimum absolute atomic E-state index is 0.358. The van der Waals surface area contributed by atoms with Gasteiger partial charge in [0.15, 0.2) is 6.10 Å². The molecule has 0 spiro atoms. The monoisotopic (exact) mass is 329 g/mol. The van der Waals surface area contributed by atoms with E-state index in [0.717, 1.165) is 10.5 Å². The molecule has 0 bridgehead atoms. The fraction of sp³-hybridized carbons (Fsp3) is 0.222. The van der Waals surface area contributed by atoms with Crippen molar-refractivity contribution in [2.75, 3.05) is 11.6 Å². The summed E-state index contributed by atoms with van der Waals surface area (Å²) < 4.78 is 5.27. The number of esters is 1. The van der Waals surface area contributed by atoms with Crippen molar-refractivity contribution in [3.63, 3.8) is 0 Å². The van der Waals surface area contributed by atoms with Gasteiger partial charge in [-0.05, 0) is 44.4 Å². The van der Waals surface area contributed by atoms with E-state index in [-0.39, 0.29) is 5.91 Å². The molecular formula is C18H19NO3S. The van der Waals surface area contributed by atoms with Crippen molar-refractivity contribution in [3.05, 3.63) is 59.7 Å². The molecule has 0 aliphatic rings. The van der Waals surface area contributed by atoms with Crippen molar-refractivity contribution in [3.8, 4) is 0 Å². The molecule has 0 aromatic heterocycles. The van der Waals surface area contributed by atoms with Crippen molar-refractivity contribution in [1.29, 1.82) is 0 Å². The summed E-state index contributed by atoms with van der Waals surface area (Å²) in [6.45, 7) is 3.53. The van der Waals surface area contributed by atoms with E-state index in [1.807, 2.05) is 49.6 Å². The minimum Gasteiger partial charge on any atom is -0.449 e. The van der Waals surface area contributed by atoms with Gasteiger partial charge in [-0.2, -0.15) is 0 Å². The number of thioether (sulfide) groups is 1. The summed E-state index contributed by atoms with van der Waals surface area (Å²) in [7, 11) is 0. The Labute approximate surface area is 140 Å². The average Bonchev–Trinajstić information content (AvgIpc) is 2.56. The van der Waals surface area contributed by atoms with Gasteiger partial charge in [0.2, 0.25) is 0 Å². The van der Waals surface area contributed by atoms with Gasteiger partial charge in [0.1, 0.15) is 0 Å². The minimum atomic E-state index is -0.876. The fourth-order valence-corrected chi connectivity index (χ4v) is 2.56. The number of ether oxygens (including phenoxy) is 1. The van der Waals surface area contributed by atoms with Crippen LogP contribution in [0.1, 0.15) is 22.8 Å². The van der Waals surface area contributed by atoms with Crippen LogP contribution in [-0.4, -0.2) is 24.2 Å². The third-order valence-electron chi connectivity index (χ3n) is 3.30.